The summed E-state index contributed by atoms with van der Waals surface area (Å²) in [5, 5.41) is 0. The molecule has 0 aromatic heterocycles. The van der Waals surface area contributed by atoms with Crippen molar-refractivity contribution in [2.45, 2.75) is 71.1 Å². The zero-order valence-electron chi connectivity index (χ0n) is 9.73. The SMILES string of the molecule is CCCCCCCCCCCC1=C[CH]1. The largest absolute Gasteiger partial charge is 0.0766 e. The summed E-state index contributed by atoms with van der Waals surface area (Å²) < 4.78 is 0. The minimum Gasteiger partial charge on any atom is -0.0766 e. The smallest absolute Gasteiger partial charge is 0.00802 e. The molecule has 0 nitrogen and oxygen atoms in total. The summed E-state index contributed by atoms with van der Waals surface area (Å²) in [5.41, 5.74) is 1.59. The molecular formula is C14H25. The normalized spacial score (nSPS) is 14.2. The highest BCUT2D eigenvalue weighted by molar-refractivity contribution is 5.38. The summed E-state index contributed by atoms with van der Waals surface area (Å²) in [6.45, 7) is 2.28. The van der Waals surface area contributed by atoms with Gasteiger partial charge in [-0.3, -0.25) is 0 Å². The molecule has 0 saturated carbocycles. The minimum absolute atomic E-state index is 1.34. The molecule has 0 N–H and O–H groups in total. The van der Waals surface area contributed by atoms with Crippen LogP contribution in [0, 0.1) is 6.42 Å². The Balaban J connectivity index is 1.65. The van der Waals surface area contributed by atoms with Gasteiger partial charge in [-0.2, -0.15) is 0 Å². The van der Waals surface area contributed by atoms with Crippen LogP contribution in [-0.4, -0.2) is 0 Å². The van der Waals surface area contributed by atoms with Crippen LogP contribution in [0.1, 0.15) is 71.1 Å². The van der Waals surface area contributed by atoms with Crippen LogP contribution in [0.4, 0.5) is 0 Å². The molecule has 0 amide bonds. The van der Waals surface area contributed by atoms with E-state index in [0.29, 0.717) is 0 Å². The van der Waals surface area contributed by atoms with Gasteiger partial charge in [0.25, 0.3) is 0 Å². The molecule has 0 fully saturated rings. The Labute approximate surface area is 89.8 Å². The third-order valence-electron chi connectivity index (χ3n) is 2.97. The fourth-order valence-electron chi connectivity index (χ4n) is 1.87. The van der Waals surface area contributed by atoms with E-state index in [0.717, 1.165) is 0 Å². The zero-order valence-corrected chi connectivity index (χ0v) is 9.73. The second kappa shape index (κ2) is 8.08. The van der Waals surface area contributed by atoms with Gasteiger partial charge in [-0.15, -0.1) is 0 Å². The van der Waals surface area contributed by atoms with Gasteiger partial charge >= 0.3 is 0 Å². The van der Waals surface area contributed by atoms with Crippen molar-refractivity contribution in [2.24, 2.45) is 0 Å². The predicted octanol–water partition coefficient (Wildman–Crippen LogP) is 5.05. The van der Waals surface area contributed by atoms with E-state index in [2.05, 4.69) is 19.4 Å². The number of hydrogen-bond acceptors (Lipinski definition) is 0. The van der Waals surface area contributed by atoms with Gasteiger partial charge in [0.05, 0.1) is 0 Å². The van der Waals surface area contributed by atoms with Crippen LogP contribution in [-0.2, 0) is 0 Å². The number of allylic oxidation sites excluding steroid dienone is 2. The van der Waals surface area contributed by atoms with Crippen molar-refractivity contribution in [3.8, 4) is 0 Å². The maximum atomic E-state index is 2.28. The highest BCUT2D eigenvalue weighted by Gasteiger charge is 2.05. The Hall–Kier alpha value is -0.260. The summed E-state index contributed by atoms with van der Waals surface area (Å²) in [7, 11) is 0. The molecule has 14 heavy (non-hydrogen) atoms. The van der Waals surface area contributed by atoms with Crippen LogP contribution >= 0.6 is 0 Å². The predicted molar refractivity (Wildman–Crippen MR) is 64.2 cm³/mol. The molecule has 0 unspecified atom stereocenters. The molecule has 1 aliphatic rings. The number of rotatable bonds is 10. The number of hydrogen-bond donors (Lipinski definition) is 0. The fraction of sp³-hybridized carbons (Fsp3) is 0.786. The monoisotopic (exact) mass is 193 g/mol. The average Bonchev–Trinajstić information content (AvgIpc) is 2.99. The lowest BCUT2D eigenvalue weighted by atomic mass is 10.1. The van der Waals surface area contributed by atoms with Crippen molar-refractivity contribution in [1.82, 2.24) is 0 Å². The number of unbranched alkanes of at least 4 members (excludes halogenated alkanes) is 8. The summed E-state index contributed by atoms with van der Waals surface area (Å²) in [4.78, 5) is 0. The van der Waals surface area contributed by atoms with E-state index in [9.17, 15) is 0 Å². The van der Waals surface area contributed by atoms with Gasteiger partial charge in [-0.1, -0.05) is 69.9 Å². The summed E-state index contributed by atoms with van der Waals surface area (Å²) >= 11 is 0. The fourth-order valence-corrected chi connectivity index (χ4v) is 1.87. The van der Waals surface area contributed by atoms with Gasteiger partial charge < -0.3 is 0 Å². The average molecular weight is 193 g/mol. The van der Waals surface area contributed by atoms with E-state index in [4.69, 9.17) is 0 Å². The van der Waals surface area contributed by atoms with Gasteiger partial charge in [-0.05, 0) is 12.8 Å². The van der Waals surface area contributed by atoms with Gasteiger partial charge in [0.1, 0.15) is 0 Å². The Morgan fingerprint density at radius 2 is 1.29 bits per heavy atom. The molecule has 0 spiro atoms. The van der Waals surface area contributed by atoms with Crippen molar-refractivity contribution in [3.05, 3.63) is 18.1 Å². The Morgan fingerprint density at radius 1 is 0.786 bits per heavy atom. The van der Waals surface area contributed by atoms with Crippen LogP contribution in [0.5, 0.6) is 0 Å². The topological polar surface area (TPSA) is 0 Å². The van der Waals surface area contributed by atoms with Crippen LogP contribution in [0.15, 0.2) is 11.6 Å². The standard InChI is InChI=1S/C14H25/c1-2-3-4-5-6-7-8-9-10-11-14-12-13-14/h12-13H,2-11H2,1H3. The van der Waals surface area contributed by atoms with Gasteiger partial charge in [0.2, 0.25) is 0 Å². The zero-order chi connectivity index (χ0) is 10.1. The highest BCUT2D eigenvalue weighted by Crippen LogP contribution is 2.23. The van der Waals surface area contributed by atoms with Crippen molar-refractivity contribution in [3.63, 3.8) is 0 Å². The van der Waals surface area contributed by atoms with Crippen molar-refractivity contribution in [1.29, 1.82) is 0 Å². The van der Waals surface area contributed by atoms with E-state index in [1.54, 1.807) is 5.57 Å². The minimum atomic E-state index is 1.34. The Bertz CT molecular complexity index is 155. The molecule has 0 heterocycles. The molecule has 81 valence electrons. The third-order valence-corrected chi connectivity index (χ3v) is 2.97. The first-order chi connectivity index (χ1) is 6.93. The van der Waals surface area contributed by atoms with E-state index in [-0.39, 0.29) is 0 Å². The second-order valence-corrected chi connectivity index (χ2v) is 4.49. The third kappa shape index (κ3) is 7.17. The molecule has 0 saturated heterocycles. The summed E-state index contributed by atoms with van der Waals surface area (Å²) in [6, 6.07) is 0. The van der Waals surface area contributed by atoms with E-state index < -0.39 is 0 Å². The molecule has 0 aromatic carbocycles. The molecule has 0 aliphatic heterocycles. The first-order valence-corrected chi connectivity index (χ1v) is 6.47. The molecule has 0 heteroatoms. The van der Waals surface area contributed by atoms with Gasteiger partial charge in [0.15, 0.2) is 0 Å². The molecule has 0 atom stereocenters. The van der Waals surface area contributed by atoms with E-state index in [1.807, 2.05) is 0 Å². The molecule has 1 radical (unpaired) electrons. The van der Waals surface area contributed by atoms with Crippen LogP contribution in [0.25, 0.3) is 0 Å². The van der Waals surface area contributed by atoms with Gasteiger partial charge in [0, 0.05) is 6.42 Å². The lowest BCUT2D eigenvalue weighted by Crippen LogP contribution is -1.81. The lowest BCUT2D eigenvalue weighted by Gasteiger charge is -2.00. The maximum Gasteiger partial charge on any atom is 0.00802 e. The van der Waals surface area contributed by atoms with E-state index >= 15 is 0 Å². The molecule has 0 aromatic rings. The molecule has 1 aliphatic carbocycles. The molecule has 1 rings (SSSR count). The quantitative estimate of drug-likeness (QED) is 0.426. The van der Waals surface area contributed by atoms with Crippen molar-refractivity contribution < 1.29 is 0 Å². The van der Waals surface area contributed by atoms with Crippen molar-refractivity contribution >= 4 is 0 Å². The summed E-state index contributed by atoms with van der Waals surface area (Å²) in [6.07, 6.45) is 18.8. The van der Waals surface area contributed by atoms with E-state index in [1.165, 1.54) is 64.2 Å². The highest BCUT2D eigenvalue weighted by atomic mass is 14.1. The van der Waals surface area contributed by atoms with Crippen LogP contribution in [0.3, 0.4) is 0 Å². The second-order valence-electron chi connectivity index (χ2n) is 4.49. The van der Waals surface area contributed by atoms with Crippen LogP contribution < -0.4 is 0 Å². The van der Waals surface area contributed by atoms with Crippen LogP contribution in [0.2, 0.25) is 0 Å². The maximum absolute atomic E-state index is 2.28. The molecule has 0 bridgehead atoms. The molecular weight excluding hydrogens is 168 g/mol. The Morgan fingerprint density at radius 3 is 1.79 bits per heavy atom. The Kier molecular flexibility index (Phi) is 6.82. The van der Waals surface area contributed by atoms with Gasteiger partial charge in [-0.25, -0.2) is 0 Å². The first kappa shape index (κ1) is 11.8. The first-order valence-electron chi connectivity index (χ1n) is 6.47. The lowest BCUT2D eigenvalue weighted by molar-refractivity contribution is 0.566. The summed E-state index contributed by atoms with van der Waals surface area (Å²) in [5.74, 6) is 0. The van der Waals surface area contributed by atoms with Crippen molar-refractivity contribution in [2.75, 3.05) is 0 Å².